The van der Waals surface area contributed by atoms with Gasteiger partial charge in [-0.05, 0) is 26.7 Å². The molecule has 4 nitrogen and oxygen atoms in total. The first-order valence-corrected chi connectivity index (χ1v) is 6.89. The SMILES string of the molecule is COc1cnn(C(C)C)c1C(=O)C1CCC(F)(F)CC1. The largest absolute Gasteiger partial charge is 0.493 e. The van der Waals surface area contributed by atoms with Crippen molar-refractivity contribution in [2.75, 3.05) is 7.11 Å². The van der Waals surface area contributed by atoms with Crippen molar-refractivity contribution in [2.24, 2.45) is 5.92 Å². The number of ether oxygens (including phenoxy) is 1. The summed E-state index contributed by atoms with van der Waals surface area (Å²) in [5, 5.41) is 4.15. The summed E-state index contributed by atoms with van der Waals surface area (Å²) in [5.41, 5.74) is 0.401. The molecule has 1 aliphatic carbocycles. The van der Waals surface area contributed by atoms with Crippen LogP contribution in [0.25, 0.3) is 0 Å². The number of carbonyl (C=O) groups excluding carboxylic acids is 1. The first-order valence-electron chi connectivity index (χ1n) is 6.89. The highest BCUT2D eigenvalue weighted by atomic mass is 19.3. The monoisotopic (exact) mass is 286 g/mol. The van der Waals surface area contributed by atoms with E-state index in [0.29, 0.717) is 11.4 Å². The minimum atomic E-state index is -2.63. The molecule has 0 N–H and O–H groups in total. The molecule has 20 heavy (non-hydrogen) atoms. The number of hydrogen-bond acceptors (Lipinski definition) is 3. The Labute approximate surface area is 117 Å². The first kappa shape index (κ1) is 14.9. The number of halogens is 2. The Morgan fingerprint density at radius 3 is 2.55 bits per heavy atom. The van der Waals surface area contributed by atoms with E-state index in [1.807, 2.05) is 13.8 Å². The van der Waals surface area contributed by atoms with E-state index in [1.165, 1.54) is 13.3 Å². The van der Waals surface area contributed by atoms with Crippen molar-refractivity contribution in [1.29, 1.82) is 0 Å². The fourth-order valence-electron chi connectivity index (χ4n) is 2.62. The second-order valence-electron chi connectivity index (χ2n) is 5.59. The maximum absolute atomic E-state index is 13.2. The zero-order valence-electron chi connectivity index (χ0n) is 12.0. The Morgan fingerprint density at radius 1 is 1.45 bits per heavy atom. The minimum absolute atomic E-state index is 0.0166. The summed E-state index contributed by atoms with van der Waals surface area (Å²) in [6.07, 6.45) is 1.50. The Kier molecular flexibility index (Phi) is 4.11. The Morgan fingerprint density at radius 2 is 2.05 bits per heavy atom. The molecule has 2 rings (SSSR count). The van der Waals surface area contributed by atoms with Crippen LogP contribution in [0.3, 0.4) is 0 Å². The van der Waals surface area contributed by atoms with Gasteiger partial charge in [0.2, 0.25) is 5.92 Å². The Bertz CT molecular complexity index is 487. The predicted octanol–water partition coefficient (Wildman–Crippen LogP) is 3.48. The number of hydrogen-bond donors (Lipinski definition) is 0. The number of rotatable bonds is 4. The van der Waals surface area contributed by atoms with Gasteiger partial charge in [0.05, 0.1) is 13.3 Å². The molecule has 0 amide bonds. The average molecular weight is 286 g/mol. The van der Waals surface area contributed by atoms with Crippen molar-refractivity contribution >= 4 is 5.78 Å². The second kappa shape index (κ2) is 5.50. The quantitative estimate of drug-likeness (QED) is 0.796. The molecular formula is C14H20F2N2O2. The van der Waals surface area contributed by atoms with Gasteiger partial charge < -0.3 is 4.74 Å². The first-order chi connectivity index (χ1) is 9.35. The lowest BCUT2D eigenvalue weighted by Crippen LogP contribution is -2.30. The highest BCUT2D eigenvalue weighted by Crippen LogP contribution is 2.38. The number of carbonyl (C=O) groups is 1. The molecule has 0 bridgehead atoms. The summed E-state index contributed by atoms with van der Waals surface area (Å²) in [6.45, 7) is 3.83. The maximum Gasteiger partial charge on any atom is 0.248 e. The van der Waals surface area contributed by atoms with Gasteiger partial charge in [-0.15, -0.1) is 0 Å². The molecule has 0 saturated heterocycles. The molecule has 1 aliphatic rings. The molecular weight excluding hydrogens is 266 g/mol. The van der Waals surface area contributed by atoms with Crippen LogP contribution in [0.1, 0.15) is 56.1 Å². The van der Waals surface area contributed by atoms with Crippen molar-refractivity contribution in [2.45, 2.75) is 51.5 Å². The van der Waals surface area contributed by atoms with Gasteiger partial charge in [-0.3, -0.25) is 9.48 Å². The smallest absolute Gasteiger partial charge is 0.248 e. The van der Waals surface area contributed by atoms with Crippen molar-refractivity contribution < 1.29 is 18.3 Å². The van der Waals surface area contributed by atoms with Gasteiger partial charge >= 0.3 is 0 Å². The third-order valence-electron chi connectivity index (χ3n) is 3.79. The van der Waals surface area contributed by atoms with Crippen LogP contribution in [-0.2, 0) is 0 Å². The van der Waals surface area contributed by atoms with Crippen molar-refractivity contribution in [1.82, 2.24) is 9.78 Å². The predicted molar refractivity (Wildman–Crippen MR) is 70.4 cm³/mol. The van der Waals surface area contributed by atoms with E-state index in [9.17, 15) is 13.6 Å². The Balaban J connectivity index is 2.23. The normalized spacial score (nSPS) is 19.3. The van der Waals surface area contributed by atoms with E-state index in [4.69, 9.17) is 4.74 Å². The molecule has 6 heteroatoms. The lowest BCUT2D eigenvalue weighted by Gasteiger charge is -2.27. The zero-order valence-corrected chi connectivity index (χ0v) is 12.0. The maximum atomic E-state index is 13.2. The second-order valence-corrected chi connectivity index (χ2v) is 5.59. The van der Waals surface area contributed by atoms with Gasteiger partial charge in [-0.1, -0.05) is 0 Å². The summed E-state index contributed by atoms with van der Waals surface area (Å²) in [4.78, 5) is 12.6. The third-order valence-corrected chi connectivity index (χ3v) is 3.79. The van der Waals surface area contributed by atoms with Gasteiger partial charge in [0, 0.05) is 24.8 Å². The molecule has 1 fully saturated rings. The van der Waals surface area contributed by atoms with E-state index in [0.717, 1.165) is 0 Å². The van der Waals surface area contributed by atoms with Crippen LogP contribution in [0, 0.1) is 5.92 Å². The summed E-state index contributed by atoms with van der Waals surface area (Å²) in [6, 6.07) is 0.0166. The lowest BCUT2D eigenvalue weighted by atomic mass is 9.83. The molecule has 1 heterocycles. The molecule has 0 atom stereocenters. The van der Waals surface area contributed by atoms with E-state index in [-0.39, 0.29) is 43.4 Å². The molecule has 0 radical (unpaired) electrons. The summed E-state index contributed by atoms with van der Waals surface area (Å²) < 4.78 is 33.1. The molecule has 1 saturated carbocycles. The summed E-state index contributed by atoms with van der Waals surface area (Å²) in [7, 11) is 1.48. The van der Waals surface area contributed by atoms with E-state index < -0.39 is 5.92 Å². The van der Waals surface area contributed by atoms with Gasteiger partial charge in [-0.2, -0.15) is 5.10 Å². The Hall–Kier alpha value is -1.46. The van der Waals surface area contributed by atoms with Gasteiger partial charge in [0.25, 0.3) is 0 Å². The standard InChI is InChI=1S/C14H20F2N2O2/c1-9(2)18-12(11(20-3)8-17-18)13(19)10-4-6-14(15,16)7-5-10/h8-10H,4-7H2,1-3H3. The number of ketones is 1. The zero-order chi connectivity index (χ0) is 14.9. The third kappa shape index (κ3) is 2.83. The van der Waals surface area contributed by atoms with E-state index >= 15 is 0 Å². The molecule has 0 spiro atoms. The van der Waals surface area contributed by atoms with Crippen LogP contribution in [-0.4, -0.2) is 28.6 Å². The highest BCUT2D eigenvalue weighted by Gasteiger charge is 2.39. The van der Waals surface area contributed by atoms with Crippen LogP contribution >= 0.6 is 0 Å². The van der Waals surface area contributed by atoms with Crippen LogP contribution in [0.15, 0.2) is 6.20 Å². The van der Waals surface area contributed by atoms with Crippen LogP contribution in [0.2, 0.25) is 0 Å². The summed E-state index contributed by atoms with van der Waals surface area (Å²) in [5.74, 6) is -2.71. The number of methoxy groups -OCH3 is 1. The summed E-state index contributed by atoms with van der Waals surface area (Å²) >= 11 is 0. The van der Waals surface area contributed by atoms with Crippen molar-refractivity contribution in [3.05, 3.63) is 11.9 Å². The van der Waals surface area contributed by atoms with Crippen molar-refractivity contribution in [3.63, 3.8) is 0 Å². The molecule has 1 aromatic heterocycles. The van der Waals surface area contributed by atoms with Crippen LogP contribution < -0.4 is 4.74 Å². The number of Topliss-reactive ketones (excluding diaryl/α,β-unsaturated/α-hetero) is 1. The number of aromatic nitrogens is 2. The van der Waals surface area contributed by atoms with Crippen LogP contribution in [0.4, 0.5) is 8.78 Å². The highest BCUT2D eigenvalue weighted by molar-refractivity contribution is 5.98. The molecule has 0 aromatic carbocycles. The number of nitrogens with zero attached hydrogens (tertiary/aromatic N) is 2. The van der Waals surface area contributed by atoms with Crippen molar-refractivity contribution in [3.8, 4) is 5.75 Å². The number of alkyl halides is 2. The topological polar surface area (TPSA) is 44.1 Å². The van der Waals surface area contributed by atoms with E-state index in [2.05, 4.69) is 5.10 Å². The fourth-order valence-corrected chi connectivity index (χ4v) is 2.62. The average Bonchev–Trinajstić information content (AvgIpc) is 2.81. The molecule has 0 aliphatic heterocycles. The van der Waals surface area contributed by atoms with Gasteiger partial charge in [0.15, 0.2) is 11.5 Å². The van der Waals surface area contributed by atoms with Gasteiger partial charge in [-0.25, -0.2) is 8.78 Å². The molecule has 0 unspecified atom stereocenters. The van der Waals surface area contributed by atoms with Gasteiger partial charge in [0.1, 0.15) is 5.69 Å². The molecule has 112 valence electrons. The van der Waals surface area contributed by atoms with Crippen LogP contribution in [0.5, 0.6) is 5.75 Å². The fraction of sp³-hybridized carbons (Fsp3) is 0.714. The molecule has 1 aromatic rings. The lowest BCUT2D eigenvalue weighted by molar-refractivity contribution is -0.0425. The van der Waals surface area contributed by atoms with E-state index in [1.54, 1.807) is 4.68 Å². The minimum Gasteiger partial charge on any atom is -0.493 e.